The van der Waals surface area contributed by atoms with Crippen LogP contribution in [0.15, 0.2) is 60.7 Å². The zero-order valence-electron chi connectivity index (χ0n) is 16.7. The molecule has 1 saturated heterocycles. The van der Waals surface area contributed by atoms with Gasteiger partial charge in [0, 0.05) is 37.6 Å². The van der Waals surface area contributed by atoms with Gasteiger partial charge in [-0.25, -0.2) is 0 Å². The molecule has 1 aliphatic heterocycles. The Kier molecular flexibility index (Phi) is 5.77. The number of fused-ring (bicyclic) bond motifs is 1. The predicted octanol–water partition coefficient (Wildman–Crippen LogP) is 3.96. The van der Waals surface area contributed by atoms with Gasteiger partial charge in [0.25, 0.3) is 5.91 Å². The molecule has 2 heterocycles. The Hall–Kier alpha value is -2.59. The highest BCUT2D eigenvalue weighted by atomic mass is 16.2. The zero-order chi connectivity index (χ0) is 19.3. The minimum atomic E-state index is 0.157. The lowest BCUT2D eigenvalue weighted by Crippen LogP contribution is -2.36. The molecule has 0 saturated carbocycles. The van der Waals surface area contributed by atoms with Crippen LogP contribution in [-0.2, 0) is 13.5 Å². The molecule has 0 aliphatic carbocycles. The van der Waals surface area contributed by atoms with E-state index in [2.05, 4.69) is 47.4 Å². The van der Waals surface area contributed by atoms with Crippen molar-refractivity contribution >= 4 is 16.8 Å². The Bertz CT molecular complexity index is 931. The molecule has 28 heavy (non-hydrogen) atoms. The average molecular weight is 376 g/mol. The Morgan fingerprint density at radius 2 is 1.71 bits per heavy atom. The van der Waals surface area contributed by atoms with Crippen molar-refractivity contribution in [3.05, 3.63) is 71.9 Å². The number of benzene rings is 2. The number of carbonyl (C=O) groups is 1. The molecule has 1 aliphatic rings. The first-order chi connectivity index (χ1) is 13.7. The van der Waals surface area contributed by atoms with E-state index in [1.807, 2.05) is 34.7 Å². The monoisotopic (exact) mass is 375 g/mol. The van der Waals surface area contributed by atoms with Crippen molar-refractivity contribution in [2.75, 3.05) is 32.7 Å². The van der Waals surface area contributed by atoms with Crippen LogP contribution >= 0.6 is 0 Å². The molecule has 1 fully saturated rings. The van der Waals surface area contributed by atoms with Crippen LogP contribution in [0.3, 0.4) is 0 Å². The Morgan fingerprint density at radius 1 is 0.929 bits per heavy atom. The van der Waals surface area contributed by atoms with Gasteiger partial charge in [-0.1, -0.05) is 48.5 Å². The summed E-state index contributed by atoms with van der Waals surface area (Å²) in [7, 11) is 1.99. The summed E-state index contributed by atoms with van der Waals surface area (Å²) in [5.74, 6) is 0.157. The molecule has 4 nitrogen and oxygen atoms in total. The molecule has 0 spiro atoms. The summed E-state index contributed by atoms with van der Waals surface area (Å²) in [6, 6.07) is 20.9. The van der Waals surface area contributed by atoms with E-state index in [-0.39, 0.29) is 5.91 Å². The first-order valence-corrected chi connectivity index (χ1v) is 10.3. The summed E-state index contributed by atoms with van der Waals surface area (Å²) in [4.78, 5) is 17.7. The van der Waals surface area contributed by atoms with Crippen LogP contribution in [0.25, 0.3) is 10.9 Å². The van der Waals surface area contributed by atoms with Gasteiger partial charge in [-0.2, -0.15) is 0 Å². The summed E-state index contributed by atoms with van der Waals surface area (Å²) >= 11 is 0. The van der Waals surface area contributed by atoms with E-state index in [1.165, 1.54) is 12.0 Å². The maximum Gasteiger partial charge on any atom is 0.270 e. The molecule has 2 aromatic carbocycles. The van der Waals surface area contributed by atoms with Gasteiger partial charge in [-0.15, -0.1) is 0 Å². The standard InChI is InChI=1S/C24H29N3O/c1-25-22-13-6-5-12-21(22)19-23(25)24(28)27-16-8-15-26(17-18-27)14-7-11-20-9-3-2-4-10-20/h2-6,9-10,12-13,19H,7-8,11,14-18H2,1H3. The fraction of sp³-hybridized carbons (Fsp3) is 0.375. The molecule has 0 atom stereocenters. The fourth-order valence-electron chi connectivity index (χ4n) is 4.21. The third kappa shape index (κ3) is 4.12. The van der Waals surface area contributed by atoms with Crippen LogP contribution < -0.4 is 0 Å². The quantitative estimate of drug-likeness (QED) is 0.675. The molecule has 1 amide bonds. The Labute approximate surface area is 167 Å². The zero-order valence-corrected chi connectivity index (χ0v) is 16.7. The van der Waals surface area contributed by atoms with Crippen molar-refractivity contribution in [2.45, 2.75) is 19.3 Å². The van der Waals surface area contributed by atoms with Crippen LogP contribution in [0, 0.1) is 0 Å². The number of hydrogen-bond acceptors (Lipinski definition) is 2. The van der Waals surface area contributed by atoms with Crippen molar-refractivity contribution in [1.82, 2.24) is 14.4 Å². The van der Waals surface area contributed by atoms with Gasteiger partial charge in [0.05, 0.1) is 0 Å². The summed E-state index contributed by atoms with van der Waals surface area (Å²) in [6.07, 6.45) is 3.33. The molecule has 0 bridgehead atoms. The van der Waals surface area contributed by atoms with E-state index in [4.69, 9.17) is 0 Å². The lowest BCUT2D eigenvalue weighted by Gasteiger charge is -2.22. The number of rotatable bonds is 5. The molecular weight excluding hydrogens is 346 g/mol. The van der Waals surface area contributed by atoms with Gasteiger partial charge in [-0.05, 0) is 50.0 Å². The van der Waals surface area contributed by atoms with Gasteiger partial charge >= 0.3 is 0 Å². The topological polar surface area (TPSA) is 28.5 Å². The molecular formula is C24H29N3O. The lowest BCUT2D eigenvalue weighted by molar-refractivity contribution is 0.0752. The van der Waals surface area contributed by atoms with Crippen molar-refractivity contribution in [3.8, 4) is 0 Å². The van der Waals surface area contributed by atoms with Crippen LogP contribution in [0.1, 0.15) is 28.9 Å². The van der Waals surface area contributed by atoms with Crippen LogP contribution in [-0.4, -0.2) is 53.0 Å². The molecule has 4 heteroatoms. The molecule has 146 valence electrons. The number of para-hydroxylation sites is 1. The number of aryl methyl sites for hydroxylation is 2. The first kappa shape index (κ1) is 18.8. The summed E-state index contributed by atoms with van der Waals surface area (Å²) in [5.41, 5.74) is 3.31. The fourth-order valence-corrected chi connectivity index (χ4v) is 4.21. The van der Waals surface area contributed by atoms with Crippen molar-refractivity contribution < 1.29 is 4.79 Å². The number of aromatic nitrogens is 1. The van der Waals surface area contributed by atoms with Crippen LogP contribution in [0.2, 0.25) is 0 Å². The van der Waals surface area contributed by atoms with E-state index in [0.717, 1.165) is 62.2 Å². The highest BCUT2D eigenvalue weighted by Gasteiger charge is 2.22. The highest BCUT2D eigenvalue weighted by Crippen LogP contribution is 2.20. The van der Waals surface area contributed by atoms with E-state index < -0.39 is 0 Å². The second kappa shape index (κ2) is 8.61. The number of carbonyl (C=O) groups excluding carboxylic acids is 1. The number of amides is 1. The third-order valence-electron chi connectivity index (χ3n) is 5.83. The van der Waals surface area contributed by atoms with Gasteiger partial charge < -0.3 is 14.4 Å². The van der Waals surface area contributed by atoms with Crippen molar-refractivity contribution in [1.29, 1.82) is 0 Å². The molecule has 0 unspecified atom stereocenters. The van der Waals surface area contributed by atoms with Gasteiger partial charge in [0.2, 0.25) is 0 Å². The number of nitrogens with zero attached hydrogens (tertiary/aromatic N) is 3. The SMILES string of the molecule is Cn1c(C(=O)N2CCCN(CCCc3ccccc3)CC2)cc2ccccc21. The van der Waals surface area contributed by atoms with Gasteiger partial charge in [-0.3, -0.25) is 4.79 Å². The lowest BCUT2D eigenvalue weighted by atomic mass is 10.1. The third-order valence-corrected chi connectivity index (χ3v) is 5.83. The maximum atomic E-state index is 13.1. The second-order valence-electron chi connectivity index (χ2n) is 7.72. The predicted molar refractivity (Wildman–Crippen MR) is 115 cm³/mol. The molecule has 1 aromatic heterocycles. The number of hydrogen-bond donors (Lipinski definition) is 0. The second-order valence-corrected chi connectivity index (χ2v) is 7.72. The molecule has 4 rings (SSSR count). The summed E-state index contributed by atoms with van der Waals surface area (Å²) in [6.45, 7) is 4.80. The van der Waals surface area contributed by atoms with Gasteiger partial charge in [0.1, 0.15) is 5.69 Å². The smallest absolute Gasteiger partial charge is 0.270 e. The first-order valence-electron chi connectivity index (χ1n) is 10.3. The van der Waals surface area contributed by atoms with E-state index >= 15 is 0 Å². The minimum absolute atomic E-state index is 0.157. The summed E-state index contributed by atoms with van der Waals surface area (Å²) < 4.78 is 2.03. The minimum Gasteiger partial charge on any atom is -0.340 e. The largest absolute Gasteiger partial charge is 0.340 e. The van der Waals surface area contributed by atoms with Gasteiger partial charge in [0.15, 0.2) is 0 Å². The summed E-state index contributed by atoms with van der Waals surface area (Å²) in [5, 5.41) is 1.13. The van der Waals surface area contributed by atoms with E-state index in [9.17, 15) is 4.79 Å². The maximum absolute atomic E-state index is 13.1. The Balaban J connectivity index is 1.34. The Morgan fingerprint density at radius 3 is 2.54 bits per heavy atom. The van der Waals surface area contributed by atoms with E-state index in [1.54, 1.807) is 0 Å². The van der Waals surface area contributed by atoms with Crippen molar-refractivity contribution in [3.63, 3.8) is 0 Å². The van der Waals surface area contributed by atoms with E-state index in [0.29, 0.717) is 0 Å². The molecule has 0 N–H and O–H groups in total. The molecule has 0 radical (unpaired) electrons. The average Bonchev–Trinajstić information content (AvgIpc) is 2.90. The van der Waals surface area contributed by atoms with Crippen molar-refractivity contribution in [2.24, 2.45) is 7.05 Å². The normalized spacial score (nSPS) is 15.7. The van der Waals surface area contributed by atoms with Crippen LogP contribution in [0.5, 0.6) is 0 Å². The van der Waals surface area contributed by atoms with Crippen LogP contribution in [0.4, 0.5) is 0 Å². The molecule has 3 aromatic rings. The highest BCUT2D eigenvalue weighted by molar-refractivity contribution is 5.98.